The molecule has 1 heterocycles. The summed E-state index contributed by atoms with van der Waals surface area (Å²) < 4.78 is 40.9. The highest BCUT2D eigenvalue weighted by Gasteiger charge is 2.15. The van der Waals surface area contributed by atoms with Gasteiger partial charge in [-0.25, -0.2) is 9.63 Å². The molecule has 0 radical (unpaired) electrons. The van der Waals surface area contributed by atoms with Gasteiger partial charge in [0.15, 0.2) is 17.1 Å². The second-order valence-electron chi connectivity index (χ2n) is 5.26. The number of hydrogen-bond donors (Lipinski definition) is 2. The molecule has 0 amide bonds. The van der Waals surface area contributed by atoms with Gasteiger partial charge in [0.2, 0.25) is 0 Å². The molecule has 0 bridgehead atoms. The molecule has 11 heteroatoms. The van der Waals surface area contributed by atoms with E-state index in [0.29, 0.717) is 27.1 Å². The van der Waals surface area contributed by atoms with Crippen molar-refractivity contribution in [3.8, 4) is 11.5 Å². The molecule has 1 aromatic heterocycles. The van der Waals surface area contributed by atoms with Gasteiger partial charge in [0.1, 0.15) is 0 Å². The molecule has 2 N–H and O–H groups in total. The number of methoxy groups -OCH3 is 2. The molecule has 0 saturated heterocycles. The summed E-state index contributed by atoms with van der Waals surface area (Å²) in [5.41, 5.74) is 1.03. The molecule has 0 aliphatic carbocycles. The highest BCUT2D eigenvalue weighted by atomic mass is 79.9. The van der Waals surface area contributed by atoms with E-state index < -0.39 is 15.8 Å². The van der Waals surface area contributed by atoms with E-state index in [1.807, 2.05) is 0 Å². The number of rotatable bonds is 6. The lowest BCUT2D eigenvalue weighted by molar-refractivity contribution is 0.354. The Morgan fingerprint density at radius 3 is 2.70 bits per heavy atom. The Labute approximate surface area is 162 Å². The number of H-pyrrole nitrogens is 1. The molecule has 0 fully saturated rings. The van der Waals surface area contributed by atoms with Crippen LogP contribution in [-0.4, -0.2) is 33.8 Å². The summed E-state index contributed by atoms with van der Waals surface area (Å²) >= 11 is 3.34. The zero-order valence-electron chi connectivity index (χ0n) is 14.1. The van der Waals surface area contributed by atoms with Crippen LogP contribution in [0.2, 0.25) is 0 Å². The summed E-state index contributed by atoms with van der Waals surface area (Å²) in [5.74, 6) is 0.199. The number of nitrogens with one attached hydrogen (secondary N) is 2. The van der Waals surface area contributed by atoms with Gasteiger partial charge in [0.05, 0.1) is 30.8 Å². The van der Waals surface area contributed by atoms with Crippen LogP contribution in [0.5, 0.6) is 11.5 Å². The van der Waals surface area contributed by atoms with Crippen LogP contribution < -0.4 is 20.1 Å². The molecule has 3 aromatic rings. The third-order valence-electron chi connectivity index (χ3n) is 3.55. The number of oxazole rings is 1. The number of aromatic amines is 1. The van der Waals surface area contributed by atoms with Gasteiger partial charge in [-0.3, -0.25) is 4.98 Å². The van der Waals surface area contributed by atoms with Crippen LogP contribution in [0, 0.1) is 0 Å². The van der Waals surface area contributed by atoms with E-state index in [2.05, 4.69) is 30.8 Å². The summed E-state index contributed by atoms with van der Waals surface area (Å²) in [7, 11) is -1.01. The molecule has 2 aromatic carbocycles. The van der Waals surface area contributed by atoms with Gasteiger partial charge >= 0.3 is 5.76 Å². The quantitative estimate of drug-likeness (QED) is 0.433. The van der Waals surface area contributed by atoms with Crippen molar-refractivity contribution in [3.05, 3.63) is 50.9 Å². The first kappa shape index (κ1) is 19.0. The third-order valence-corrected chi connectivity index (χ3v) is 5.23. The van der Waals surface area contributed by atoms with Crippen molar-refractivity contribution in [1.82, 2.24) is 9.82 Å². The average Bonchev–Trinajstić information content (AvgIpc) is 3.00. The second-order valence-corrected chi connectivity index (χ2v) is 7.83. The van der Waals surface area contributed by atoms with Crippen molar-refractivity contribution < 1.29 is 22.3 Å². The van der Waals surface area contributed by atoms with Gasteiger partial charge < -0.3 is 13.9 Å². The standard InChI is InChI=1S/C16H14BrN3O6S/c1-24-14-6-10(17)5-9(15(14)25-2)8-18-20-27(22,23)11-3-4-12-13(7-11)26-16(21)19-12/h3-8,20H,1-2H3,(H,19,21)/b18-8+. The molecule has 0 aliphatic heterocycles. The van der Waals surface area contributed by atoms with E-state index in [9.17, 15) is 13.2 Å². The van der Waals surface area contributed by atoms with Gasteiger partial charge in [-0.2, -0.15) is 13.5 Å². The number of hydrazone groups is 1. The third kappa shape index (κ3) is 3.98. The van der Waals surface area contributed by atoms with Crippen molar-refractivity contribution in [3.63, 3.8) is 0 Å². The second kappa shape index (κ2) is 7.45. The Morgan fingerprint density at radius 1 is 1.22 bits per heavy atom. The first-order valence-corrected chi connectivity index (χ1v) is 9.71. The van der Waals surface area contributed by atoms with Gasteiger partial charge in [0.25, 0.3) is 10.0 Å². The van der Waals surface area contributed by atoms with Gasteiger partial charge in [-0.15, -0.1) is 0 Å². The van der Waals surface area contributed by atoms with Crippen molar-refractivity contribution in [1.29, 1.82) is 0 Å². The monoisotopic (exact) mass is 455 g/mol. The van der Waals surface area contributed by atoms with Crippen LogP contribution >= 0.6 is 15.9 Å². The van der Waals surface area contributed by atoms with E-state index in [0.717, 1.165) is 0 Å². The molecule has 0 spiro atoms. The number of benzene rings is 2. The van der Waals surface area contributed by atoms with Crippen molar-refractivity contribution >= 4 is 43.3 Å². The highest BCUT2D eigenvalue weighted by Crippen LogP contribution is 2.33. The molecular weight excluding hydrogens is 442 g/mol. The summed E-state index contributed by atoms with van der Waals surface area (Å²) in [6.07, 6.45) is 1.29. The largest absolute Gasteiger partial charge is 0.493 e. The Bertz CT molecular complexity index is 1180. The zero-order valence-corrected chi connectivity index (χ0v) is 16.5. The smallest absolute Gasteiger partial charge is 0.417 e. The molecule has 142 valence electrons. The van der Waals surface area contributed by atoms with Gasteiger partial charge in [-0.1, -0.05) is 15.9 Å². The van der Waals surface area contributed by atoms with Crippen LogP contribution in [0.25, 0.3) is 11.1 Å². The Kier molecular flexibility index (Phi) is 5.24. The Morgan fingerprint density at radius 2 is 2.00 bits per heavy atom. The number of ether oxygens (including phenoxy) is 2. The minimum Gasteiger partial charge on any atom is -0.493 e. The fourth-order valence-corrected chi connectivity index (χ4v) is 3.63. The number of hydrogen-bond acceptors (Lipinski definition) is 7. The van der Waals surface area contributed by atoms with Gasteiger partial charge in [0, 0.05) is 16.1 Å². The summed E-state index contributed by atoms with van der Waals surface area (Å²) in [6, 6.07) is 7.39. The van der Waals surface area contributed by atoms with Crippen molar-refractivity contribution in [2.45, 2.75) is 4.90 Å². The Hall–Kier alpha value is -2.79. The average molecular weight is 456 g/mol. The molecule has 0 aliphatic rings. The van der Waals surface area contributed by atoms with E-state index in [1.165, 1.54) is 38.6 Å². The first-order chi connectivity index (χ1) is 12.8. The lowest BCUT2D eigenvalue weighted by Crippen LogP contribution is -2.18. The Balaban J connectivity index is 1.88. The molecule has 27 heavy (non-hydrogen) atoms. The van der Waals surface area contributed by atoms with Gasteiger partial charge in [-0.05, 0) is 24.3 Å². The lowest BCUT2D eigenvalue weighted by Gasteiger charge is -2.11. The van der Waals surface area contributed by atoms with E-state index in [4.69, 9.17) is 13.9 Å². The van der Waals surface area contributed by atoms with Crippen LogP contribution in [0.1, 0.15) is 5.56 Å². The number of aromatic nitrogens is 1. The van der Waals surface area contributed by atoms with Crippen molar-refractivity contribution in [2.24, 2.45) is 5.10 Å². The topological polar surface area (TPSA) is 123 Å². The zero-order chi connectivity index (χ0) is 19.6. The summed E-state index contributed by atoms with van der Waals surface area (Å²) in [6.45, 7) is 0. The van der Waals surface area contributed by atoms with Crippen LogP contribution in [-0.2, 0) is 10.0 Å². The minimum atomic E-state index is -3.97. The maximum atomic E-state index is 12.4. The van der Waals surface area contributed by atoms with Crippen LogP contribution in [0.4, 0.5) is 0 Å². The fourth-order valence-electron chi connectivity index (χ4n) is 2.37. The summed E-state index contributed by atoms with van der Waals surface area (Å²) in [5, 5.41) is 3.78. The van der Waals surface area contributed by atoms with E-state index in [1.54, 1.807) is 12.1 Å². The first-order valence-electron chi connectivity index (χ1n) is 7.43. The van der Waals surface area contributed by atoms with E-state index in [-0.39, 0.29) is 10.5 Å². The van der Waals surface area contributed by atoms with Crippen LogP contribution in [0.15, 0.2) is 54.0 Å². The minimum absolute atomic E-state index is 0.103. The number of nitrogens with zero attached hydrogens (tertiary/aromatic N) is 1. The molecule has 0 saturated carbocycles. The number of halogens is 1. The molecular formula is C16H14BrN3O6S. The SMILES string of the molecule is COc1cc(Br)cc(/C=N/NS(=O)(=O)c2ccc3[nH]c(=O)oc3c2)c1OC. The normalized spacial score (nSPS) is 11.8. The highest BCUT2D eigenvalue weighted by molar-refractivity contribution is 9.10. The fraction of sp³-hybridized carbons (Fsp3) is 0.125. The summed E-state index contributed by atoms with van der Waals surface area (Å²) in [4.78, 5) is 15.6. The maximum Gasteiger partial charge on any atom is 0.417 e. The molecule has 0 unspecified atom stereocenters. The molecule has 9 nitrogen and oxygen atoms in total. The predicted molar refractivity (Wildman–Crippen MR) is 102 cm³/mol. The number of sulfonamides is 1. The lowest BCUT2D eigenvalue weighted by atomic mass is 10.2. The number of fused-ring (bicyclic) bond motifs is 1. The van der Waals surface area contributed by atoms with Crippen LogP contribution in [0.3, 0.4) is 0 Å². The van der Waals surface area contributed by atoms with Crippen molar-refractivity contribution in [2.75, 3.05) is 14.2 Å². The molecule has 3 rings (SSSR count). The molecule has 0 atom stereocenters. The maximum absolute atomic E-state index is 12.4. The van der Waals surface area contributed by atoms with E-state index >= 15 is 0 Å². The predicted octanol–water partition coefficient (Wildman–Crippen LogP) is 2.21.